The van der Waals surface area contributed by atoms with Crippen LogP contribution >= 0.6 is 0 Å². The minimum absolute atomic E-state index is 0.0780. The SMILES string of the molecule is NCCC(=O)C1CCOC2(CCOCC2)C1. The summed E-state index contributed by atoms with van der Waals surface area (Å²) in [7, 11) is 0. The van der Waals surface area contributed by atoms with Crippen LogP contribution in [-0.4, -0.2) is 37.7 Å². The minimum atomic E-state index is -0.0780. The molecule has 2 N–H and O–H groups in total. The molecule has 2 rings (SSSR count). The van der Waals surface area contributed by atoms with Gasteiger partial charge in [-0.05, 0) is 32.2 Å². The Morgan fingerprint density at radius 3 is 2.75 bits per heavy atom. The predicted molar refractivity (Wildman–Crippen MR) is 60.1 cm³/mol. The van der Waals surface area contributed by atoms with E-state index in [2.05, 4.69) is 0 Å². The third-order valence-electron chi connectivity index (χ3n) is 3.74. The van der Waals surface area contributed by atoms with Gasteiger partial charge in [0, 0.05) is 32.2 Å². The highest BCUT2D eigenvalue weighted by Crippen LogP contribution is 2.37. The fourth-order valence-corrected chi connectivity index (χ4v) is 2.74. The first-order valence-electron chi connectivity index (χ1n) is 6.20. The van der Waals surface area contributed by atoms with Crippen molar-refractivity contribution in [2.45, 2.75) is 37.7 Å². The van der Waals surface area contributed by atoms with Crippen LogP contribution in [-0.2, 0) is 14.3 Å². The van der Waals surface area contributed by atoms with Gasteiger partial charge in [-0.15, -0.1) is 0 Å². The van der Waals surface area contributed by atoms with Gasteiger partial charge in [0.1, 0.15) is 5.78 Å². The highest BCUT2D eigenvalue weighted by atomic mass is 16.5. The molecule has 0 aromatic rings. The number of rotatable bonds is 3. The normalized spacial score (nSPS) is 29.2. The first-order chi connectivity index (χ1) is 7.76. The van der Waals surface area contributed by atoms with Gasteiger partial charge in [-0.25, -0.2) is 0 Å². The van der Waals surface area contributed by atoms with Crippen LogP contribution in [0.15, 0.2) is 0 Å². The van der Waals surface area contributed by atoms with E-state index in [4.69, 9.17) is 15.2 Å². The van der Waals surface area contributed by atoms with Crippen molar-refractivity contribution < 1.29 is 14.3 Å². The molecule has 4 nitrogen and oxygen atoms in total. The van der Waals surface area contributed by atoms with Gasteiger partial charge in [-0.2, -0.15) is 0 Å². The molecule has 2 aliphatic rings. The Morgan fingerprint density at radius 1 is 1.31 bits per heavy atom. The molecular weight excluding hydrogens is 206 g/mol. The quantitative estimate of drug-likeness (QED) is 0.777. The summed E-state index contributed by atoms with van der Waals surface area (Å²) < 4.78 is 11.3. The van der Waals surface area contributed by atoms with Gasteiger partial charge in [-0.1, -0.05) is 0 Å². The van der Waals surface area contributed by atoms with Gasteiger partial charge in [0.15, 0.2) is 0 Å². The van der Waals surface area contributed by atoms with Gasteiger partial charge in [0.25, 0.3) is 0 Å². The monoisotopic (exact) mass is 227 g/mol. The fraction of sp³-hybridized carbons (Fsp3) is 0.917. The summed E-state index contributed by atoms with van der Waals surface area (Å²) in [6, 6.07) is 0. The second-order valence-corrected chi connectivity index (χ2v) is 4.84. The maximum Gasteiger partial charge on any atom is 0.137 e. The maximum atomic E-state index is 11.9. The molecule has 92 valence electrons. The lowest BCUT2D eigenvalue weighted by molar-refractivity contribution is -0.156. The number of carbonyl (C=O) groups is 1. The van der Waals surface area contributed by atoms with Crippen LogP contribution in [0.5, 0.6) is 0 Å². The van der Waals surface area contributed by atoms with Crippen LogP contribution in [0.3, 0.4) is 0 Å². The highest BCUT2D eigenvalue weighted by molar-refractivity contribution is 5.81. The van der Waals surface area contributed by atoms with Crippen molar-refractivity contribution in [2.24, 2.45) is 11.7 Å². The van der Waals surface area contributed by atoms with Crippen LogP contribution in [0.4, 0.5) is 0 Å². The zero-order chi connectivity index (χ0) is 11.4. The molecule has 2 heterocycles. The van der Waals surface area contributed by atoms with E-state index in [0.29, 0.717) is 25.4 Å². The van der Waals surface area contributed by atoms with Crippen molar-refractivity contribution in [3.8, 4) is 0 Å². The number of ketones is 1. The molecule has 2 fully saturated rings. The Kier molecular flexibility index (Phi) is 3.95. The summed E-state index contributed by atoms with van der Waals surface area (Å²) in [5.41, 5.74) is 5.36. The number of Topliss-reactive ketones (excluding diaryl/α,β-unsaturated/α-hetero) is 1. The summed E-state index contributed by atoms with van der Waals surface area (Å²) in [4.78, 5) is 11.9. The van der Waals surface area contributed by atoms with Gasteiger partial charge >= 0.3 is 0 Å². The fourth-order valence-electron chi connectivity index (χ4n) is 2.74. The van der Waals surface area contributed by atoms with E-state index in [1.165, 1.54) is 0 Å². The molecule has 0 bridgehead atoms. The van der Waals surface area contributed by atoms with Crippen LogP contribution < -0.4 is 5.73 Å². The third-order valence-corrected chi connectivity index (χ3v) is 3.74. The second kappa shape index (κ2) is 5.25. The van der Waals surface area contributed by atoms with Crippen molar-refractivity contribution in [3.05, 3.63) is 0 Å². The summed E-state index contributed by atoms with van der Waals surface area (Å²) in [6.07, 6.45) is 4.10. The number of ether oxygens (including phenoxy) is 2. The predicted octanol–water partition coefficient (Wildman–Crippen LogP) is 0.880. The van der Waals surface area contributed by atoms with Gasteiger partial charge in [0.05, 0.1) is 5.60 Å². The second-order valence-electron chi connectivity index (χ2n) is 4.84. The standard InChI is InChI=1S/C12H21NO3/c13-5-1-11(14)10-2-6-16-12(9-10)3-7-15-8-4-12/h10H,1-9,13H2. The van der Waals surface area contributed by atoms with Crippen LogP contribution in [0.1, 0.15) is 32.1 Å². The maximum absolute atomic E-state index is 11.9. The highest BCUT2D eigenvalue weighted by Gasteiger charge is 2.40. The molecule has 1 spiro atoms. The van der Waals surface area contributed by atoms with E-state index < -0.39 is 0 Å². The largest absolute Gasteiger partial charge is 0.381 e. The van der Waals surface area contributed by atoms with Crippen LogP contribution in [0.2, 0.25) is 0 Å². The Bertz CT molecular complexity index is 243. The molecule has 2 aliphatic heterocycles. The molecular formula is C12H21NO3. The van der Waals surface area contributed by atoms with Crippen LogP contribution in [0, 0.1) is 5.92 Å². The molecule has 0 amide bonds. The minimum Gasteiger partial charge on any atom is -0.381 e. The molecule has 0 aliphatic carbocycles. The lowest BCUT2D eigenvalue weighted by Gasteiger charge is -2.42. The third kappa shape index (κ3) is 2.62. The number of hydrogen-bond acceptors (Lipinski definition) is 4. The van der Waals surface area contributed by atoms with Crippen molar-refractivity contribution >= 4 is 5.78 Å². The Hall–Kier alpha value is -0.450. The first-order valence-corrected chi connectivity index (χ1v) is 6.20. The van der Waals surface area contributed by atoms with Gasteiger partial charge in [0.2, 0.25) is 0 Å². The van der Waals surface area contributed by atoms with E-state index >= 15 is 0 Å². The molecule has 4 heteroatoms. The molecule has 0 aromatic heterocycles. The average Bonchev–Trinajstić information content (AvgIpc) is 2.30. The summed E-state index contributed by atoms with van der Waals surface area (Å²) in [5, 5.41) is 0. The van der Waals surface area contributed by atoms with E-state index in [1.807, 2.05) is 0 Å². The molecule has 2 saturated heterocycles. The molecule has 1 unspecified atom stereocenters. The van der Waals surface area contributed by atoms with E-state index in [9.17, 15) is 4.79 Å². The first kappa shape index (κ1) is 12.0. The van der Waals surface area contributed by atoms with Crippen molar-refractivity contribution in [3.63, 3.8) is 0 Å². The number of hydrogen-bond donors (Lipinski definition) is 1. The zero-order valence-electron chi connectivity index (χ0n) is 9.74. The van der Waals surface area contributed by atoms with E-state index in [-0.39, 0.29) is 11.5 Å². The van der Waals surface area contributed by atoms with E-state index in [0.717, 1.165) is 38.9 Å². The topological polar surface area (TPSA) is 61.6 Å². The van der Waals surface area contributed by atoms with Crippen LogP contribution in [0.25, 0.3) is 0 Å². The molecule has 0 saturated carbocycles. The Labute approximate surface area is 96.5 Å². The summed E-state index contributed by atoms with van der Waals surface area (Å²) >= 11 is 0. The Morgan fingerprint density at radius 2 is 2.06 bits per heavy atom. The lowest BCUT2D eigenvalue weighted by Crippen LogP contribution is -2.46. The van der Waals surface area contributed by atoms with Crippen molar-refractivity contribution in [2.75, 3.05) is 26.4 Å². The molecule has 0 aromatic carbocycles. The summed E-state index contributed by atoms with van der Waals surface area (Å²) in [5.74, 6) is 0.479. The number of carbonyl (C=O) groups excluding carboxylic acids is 1. The summed E-state index contributed by atoms with van der Waals surface area (Å²) in [6.45, 7) is 2.70. The lowest BCUT2D eigenvalue weighted by atomic mass is 9.78. The van der Waals surface area contributed by atoms with E-state index in [1.54, 1.807) is 0 Å². The van der Waals surface area contributed by atoms with Gasteiger partial charge in [-0.3, -0.25) is 4.79 Å². The molecule has 0 radical (unpaired) electrons. The number of nitrogens with two attached hydrogens (primary N) is 1. The molecule has 1 atom stereocenters. The molecule has 16 heavy (non-hydrogen) atoms. The Balaban J connectivity index is 1.94. The van der Waals surface area contributed by atoms with Crippen molar-refractivity contribution in [1.29, 1.82) is 0 Å². The van der Waals surface area contributed by atoms with Gasteiger partial charge < -0.3 is 15.2 Å². The zero-order valence-corrected chi connectivity index (χ0v) is 9.74. The van der Waals surface area contributed by atoms with Crippen molar-refractivity contribution in [1.82, 2.24) is 0 Å². The average molecular weight is 227 g/mol. The smallest absolute Gasteiger partial charge is 0.137 e.